The summed E-state index contributed by atoms with van der Waals surface area (Å²) in [7, 11) is 0. The monoisotopic (exact) mass is 291 g/mol. The van der Waals surface area contributed by atoms with Crippen LogP contribution in [-0.2, 0) is 65.4 Å². The number of rotatable bonds is 4. The van der Waals surface area contributed by atoms with E-state index in [9.17, 15) is 0 Å². The summed E-state index contributed by atoms with van der Waals surface area (Å²) in [6, 6.07) is 0. The quantitative estimate of drug-likeness (QED) is 0.610. The van der Waals surface area contributed by atoms with Crippen LogP contribution >= 0.6 is 0 Å². The van der Waals surface area contributed by atoms with E-state index in [0.717, 1.165) is 13.1 Å². The second kappa shape index (κ2) is 13.7. The van der Waals surface area contributed by atoms with Gasteiger partial charge in [0.05, 0.1) is 0 Å². The molecule has 0 aromatic heterocycles. The molecule has 10 heavy (non-hydrogen) atoms. The first-order valence-corrected chi connectivity index (χ1v) is 3.05. The van der Waals surface area contributed by atoms with Crippen LogP contribution in [0.15, 0.2) is 0 Å². The molecule has 0 saturated heterocycles. The van der Waals surface area contributed by atoms with Crippen LogP contribution in [0.25, 0.3) is 0 Å². The van der Waals surface area contributed by atoms with Crippen LogP contribution in [0.4, 0.5) is 0 Å². The number of hydrogen-bond acceptors (Lipinski definition) is 1. The molecule has 0 amide bonds. The first-order chi connectivity index (χ1) is 3.77. The topological polar surface area (TPSA) is 12.0 Å². The van der Waals surface area contributed by atoms with Crippen LogP contribution in [0.3, 0.4) is 0 Å². The van der Waals surface area contributed by atoms with Crippen LogP contribution in [-0.4, -0.2) is 13.1 Å². The molecule has 0 heterocycles. The van der Waals surface area contributed by atoms with E-state index in [0.29, 0.717) is 0 Å². The van der Waals surface area contributed by atoms with Gasteiger partial charge in [0.2, 0.25) is 0 Å². The molecule has 0 aliphatic carbocycles. The van der Waals surface area contributed by atoms with Gasteiger partial charge in [0.15, 0.2) is 0 Å². The molecule has 3 heteroatoms. The van der Waals surface area contributed by atoms with Gasteiger partial charge in [-0.3, -0.25) is 0 Å². The summed E-state index contributed by atoms with van der Waals surface area (Å²) in [6.07, 6.45) is 2.11. The van der Waals surface area contributed by atoms with Crippen LogP contribution in [0.5, 0.6) is 0 Å². The predicted octanol–water partition coefficient (Wildman–Crippen LogP) is 1.41. The molecule has 56 valence electrons. The molecule has 0 atom stereocenters. The van der Waals surface area contributed by atoms with Gasteiger partial charge in [-0.2, -0.15) is 20.8 Å². The summed E-state index contributed by atoms with van der Waals surface area (Å²) in [4.78, 5) is 0. The van der Waals surface area contributed by atoms with Crippen molar-refractivity contribution in [2.24, 2.45) is 0 Å². The van der Waals surface area contributed by atoms with Gasteiger partial charge >= 0.3 is 0 Å². The fourth-order valence-electron chi connectivity index (χ4n) is 0.467. The van der Waals surface area contributed by atoms with Gasteiger partial charge in [-0.15, -0.1) is 13.1 Å². The fourth-order valence-corrected chi connectivity index (χ4v) is 0.467. The molecule has 0 aromatic rings. The van der Waals surface area contributed by atoms with Crippen molar-refractivity contribution in [3.63, 3.8) is 0 Å². The zero-order chi connectivity index (χ0) is 6.41. The Morgan fingerprint density at radius 2 is 1.80 bits per heavy atom. The molecule has 0 bridgehead atoms. The molecule has 0 aliphatic heterocycles. The van der Waals surface area contributed by atoms with Crippen molar-refractivity contribution in [1.82, 2.24) is 5.32 Å². The largest absolute Gasteiger partial charge is 0.376 e. The maximum absolute atomic E-state index is 3.24. The zero-order valence-corrected chi connectivity index (χ0v) is 12.8. The minimum absolute atomic E-state index is 0. The van der Waals surface area contributed by atoms with Crippen LogP contribution in [0.1, 0.15) is 20.8 Å². The van der Waals surface area contributed by atoms with Crippen LogP contribution < -0.4 is 5.32 Å². The minimum Gasteiger partial charge on any atom is -0.376 e. The summed E-state index contributed by atoms with van der Waals surface area (Å²) in [5.41, 5.74) is 0. The Balaban J connectivity index is -0.000000245. The molecule has 0 rings (SSSR count). The van der Waals surface area contributed by atoms with Gasteiger partial charge in [0.25, 0.3) is 0 Å². The third-order valence-corrected chi connectivity index (χ3v) is 0.827. The molecule has 1 N–H and O–H groups in total. The summed E-state index contributed by atoms with van der Waals surface area (Å²) < 4.78 is 0. The van der Waals surface area contributed by atoms with Crippen molar-refractivity contribution in [3.8, 4) is 0 Å². The molecule has 2 radical (unpaired) electrons. The van der Waals surface area contributed by atoms with Crippen molar-refractivity contribution in [3.05, 3.63) is 12.3 Å². The minimum atomic E-state index is 0. The Labute approximate surface area is 115 Å². The Morgan fingerprint density at radius 1 is 1.30 bits per heavy atom. The maximum atomic E-state index is 3.24. The molecule has 0 unspecified atom stereocenters. The third kappa shape index (κ3) is 16.6. The average Bonchev–Trinajstić information content (AvgIpc) is 1.66. The van der Waals surface area contributed by atoms with E-state index in [1.165, 1.54) is 5.92 Å². The van der Waals surface area contributed by atoms with E-state index in [-0.39, 0.29) is 65.4 Å². The standard InChI is InChI=1S/C7H15N.2Y/c1-4-5-8-6-7(2)3;;/h4,8H,5-6H2,1-3H3;;/q-2;;. The summed E-state index contributed by atoms with van der Waals surface area (Å²) >= 11 is 0. The third-order valence-electron chi connectivity index (χ3n) is 0.827. The second-order valence-electron chi connectivity index (χ2n) is 2.25. The van der Waals surface area contributed by atoms with Gasteiger partial charge in [0.1, 0.15) is 0 Å². The molecular formula is C7H15NY2-2. The Hall–Kier alpha value is 2.17. The Bertz CT molecular complexity index is 48.9. The van der Waals surface area contributed by atoms with Crippen molar-refractivity contribution in [1.29, 1.82) is 0 Å². The van der Waals surface area contributed by atoms with Gasteiger partial charge < -0.3 is 17.7 Å². The summed E-state index contributed by atoms with van der Waals surface area (Å²) in [6.45, 7) is 8.37. The maximum Gasteiger partial charge on any atom is 0 e. The SMILES string of the molecule is C[CH-]CNC[C-](C)C.[Y].[Y]. The first-order valence-electron chi connectivity index (χ1n) is 3.05. The van der Waals surface area contributed by atoms with Crippen molar-refractivity contribution in [2.45, 2.75) is 20.8 Å². The molecule has 1 nitrogen and oxygen atoms in total. The van der Waals surface area contributed by atoms with Gasteiger partial charge in [-0.05, 0) is 0 Å². The fraction of sp³-hybridized carbons (Fsp3) is 0.714. The van der Waals surface area contributed by atoms with E-state index in [4.69, 9.17) is 0 Å². The number of hydrogen-bond donors (Lipinski definition) is 1. The average molecular weight is 291 g/mol. The smallest absolute Gasteiger partial charge is 0 e. The van der Waals surface area contributed by atoms with Crippen molar-refractivity contribution >= 4 is 0 Å². The first kappa shape index (κ1) is 18.1. The van der Waals surface area contributed by atoms with E-state index in [2.05, 4.69) is 32.5 Å². The molecule has 0 aromatic carbocycles. The predicted molar refractivity (Wildman–Crippen MR) is 37.4 cm³/mol. The molecule has 0 spiro atoms. The van der Waals surface area contributed by atoms with E-state index < -0.39 is 0 Å². The van der Waals surface area contributed by atoms with Crippen LogP contribution in [0.2, 0.25) is 0 Å². The molecular weight excluding hydrogens is 276 g/mol. The van der Waals surface area contributed by atoms with E-state index in [1.54, 1.807) is 0 Å². The Morgan fingerprint density at radius 3 is 2.10 bits per heavy atom. The van der Waals surface area contributed by atoms with Crippen LogP contribution in [0, 0.1) is 12.3 Å². The van der Waals surface area contributed by atoms with Gasteiger partial charge in [0, 0.05) is 65.4 Å². The molecule has 0 saturated carbocycles. The molecule has 0 fully saturated rings. The summed E-state index contributed by atoms with van der Waals surface area (Å²) in [5.74, 6) is 1.44. The molecule has 0 aliphatic rings. The van der Waals surface area contributed by atoms with Crippen molar-refractivity contribution < 1.29 is 65.4 Å². The second-order valence-corrected chi connectivity index (χ2v) is 2.25. The van der Waals surface area contributed by atoms with E-state index >= 15 is 0 Å². The summed E-state index contributed by atoms with van der Waals surface area (Å²) in [5, 5.41) is 3.24. The normalized spacial score (nSPS) is 8.40. The van der Waals surface area contributed by atoms with Gasteiger partial charge in [-0.25, -0.2) is 0 Å². The van der Waals surface area contributed by atoms with Gasteiger partial charge in [-0.1, -0.05) is 0 Å². The van der Waals surface area contributed by atoms with Crippen molar-refractivity contribution in [2.75, 3.05) is 13.1 Å². The van der Waals surface area contributed by atoms with E-state index in [1.807, 2.05) is 0 Å². The zero-order valence-electron chi connectivity index (χ0n) is 7.15. The number of nitrogens with one attached hydrogen (secondary N) is 1. The Kier molecular flexibility index (Phi) is 24.8.